The first-order valence-corrected chi connectivity index (χ1v) is 7.07. The van der Waals surface area contributed by atoms with Crippen LogP contribution < -0.4 is 5.32 Å². The number of carbonyl (C=O) groups is 1. The molecule has 0 bridgehead atoms. The lowest BCUT2D eigenvalue weighted by molar-refractivity contribution is -0.162. The number of ether oxygens (including phenoxy) is 1. The highest BCUT2D eigenvalue weighted by Gasteiger charge is 2.36. The Hall–Kier alpha value is -0.610. The SMILES string of the molecule is CC1CC(C(=O)N2CC(C)OC(C)(C)C2)CCN1. The average molecular weight is 254 g/mol. The van der Waals surface area contributed by atoms with Gasteiger partial charge in [0.2, 0.25) is 5.91 Å². The topological polar surface area (TPSA) is 41.6 Å². The number of nitrogens with zero attached hydrogens (tertiary/aromatic N) is 1. The zero-order valence-electron chi connectivity index (χ0n) is 12.0. The summed E-state index contributed by atoms with van der Waals surface area (Å²) in [7, 11) is 0. The Morgan fingerprint density at radius 2 is 2.11 bits per heavy atom. The summed E-state index contributed by atoms with van der Waals surface area (Å²) in [6, 6.07) is 0.458. The summed E-state index contributed by atoms with van der Waals surface area (Å²) in [6.45, 7) is 10.7. The van der Waals surface area contributed by atoms with Gasteiger partial charge in [-0.3, -0.25) is 4.79 Å². The van der Waals surface area contributed by atoms with Crippen molar-refractivity contribution in [3.05, 3.63) is 0 Å². The van der Waals surface area contributed by atoms with Crippen LogP contribution in [0.4, 0.5) is 0 Å². The number of amides is 1. The van der Waals surface area contributed by atoms with Crippen molar-refractivity contribution < 1.29 is 9.53 Å². The Morgan fingerprint density at radius 3 is 2.72 bits per heavy atom. The molecule has 2 rings (SSSR count). The van der Waals surface area contributed by atoms with Crippen molar-refractivity contribution in [1.29, 1.82) is 0 Å². The molecule has 0 saturated carbocycles. The maximum atomic E-state index is 12.6. The third-order valence-electron chi connectivity index (χ3n) is 3.85. The van der Waals surface area contributed by atoms with E-state index in [9.17, 15) is 4.79 Å². The molecule has 0 radical (unpaired) electrons. The molecule has 4 nitrogen and oxygen atoms in total. The van der Waals surface area contributed by atoms with E-state index in [4.69, 9.17) is 4.74 Å². The van der Waals surface area contributed by atoms with Crippen molar-refractivity contribution in [3.8, 4) is 0 Å². The second-order valence-corrected chi connectivity index (χ2v) is 6.48. The highest BCUT2D eigenvalue weighted by Crippen LogP contribution is 2.25. The van der Waals surface area contributed by atoms with Crippen LogP contribution in [-0.4, -0.2) is 48.2 Å². The molecule has 1 N–H and O–H groups in total. The van der Waals surface area contributed by atoms with Gasteiger partial charge in [-0.25, -0.2) is 0 Å². The molecule has 2 fully saturated rings. The van der Waals surface area contributed by atoms with Gasteiger partial charge in [-0.2, -0.15) is 0 Å². The first-order valence-electron chi connectivity index (χ1n) is 7.07. The number of hydrogen-bond acceptors (Lipinski definition) is 3. The fourth-order valence-corrected chi connectivity index (χ4v) is 3.24. The van der Waals surface area contributed by atoms with Gasteiger partial charge >= 0.3 is 0 Å². The number of morpholine rings is 1. The maximum absolute atomic E-state index is 12.6. The van der Waals surface area contributed by atoms with E-state index < -0.39 is 0 Å². The van der Waals surface area contributed by atoms with E-state index in [0.717, 1.165) is 25.9 Å². The summed E-state index contributed by atoms with van der Waals surface area (Å²) in [6.07, 6.45) is 2.07. The van der Waals surface area contributed by atoms with Gasteiger partial charge < -0.3 is 15.0 Å². The molecule has 3 atom stereocenters. The van der Waals surface area contributed by atoms with E-state index in [0.29, 0.717) is 18.5 Å². The first kappa shape index (κ1) is 13.8. The highest BCUT2D eigenvalue weighted by molar-refractivity contribution is 5.79. The van der Waals surface area contributed by atoms with Crippen LogP contribution in [-0.2, 0) is 9.53 Å². The Labute approximate surface area is 110 Å². The van der Waals surface area contributed by atoms with Gasteiger partial charge in [0.1, 0.15) is 0 Å². The van der Waals surface area contributed by atoms with Crippen LogP contribution in [0.3, 0.4) is 0 Å². The third-order valence-corrected chi connectivity index (χ3v) is 3.85. The van der Waals surface area contributed by atoms with Gasteiger partial charge in [0.15, 0.2) is 0 Å². The first-order chi connectivity index (χ1) is 8.37. The molecule has 0 aromatic heterocycles. The van der Waals surface area contributed by atoms with Gasteiger partial charge in [-0.1, -0.05) is 0 Å². The zero-order chi connectivity index (χ0) is 13.3. The molecule has 0 aromatic carbocycles. The molecule has 18 heavy (non-hydrogen) atoms. The molecule has 0 aromatic rings. The fraction of sp³-hybridized carbons (Fsp3) is 0.929. The summed E-state index contributed by atoms with van der Waals surface area (Å²) in [4.78, 5) is 14.6. The van der Waals surface area contributed by atoms with Gasteiger partial charge in [-0.05, 0) is 47.1 Å². The summed E-state index contributed by atoms with van der Waals surface area (Å²) < 4.78 is 5.86. The molecular weight excluding hydrogens is 228 g/mol. The number of rotatable bonds is 1. The predicted molar refractivity (Wildman–Crippen MR) is 71.4 cm³/mol. The molecule has 104 valence electrons. The number of hydrogen-bond donors (Lipinski definition) is 1. The minimum Gasteiger partial charge on any atom is -0.369 e. The summed E-state index contributed by atoms with van der Waals surface area (Å²) in [5, 5.41) is 3.40. The molecule has 0 aliphatic carbocycles. The largest absolute Gasteiger partial charge is 0.369 e. The predicted octanol–water partition coefficient (Wildman–Crippen LogP) is 1.40. The number of piperidine rings is 1. The van der Waals surface area contributed by atoms with E-state index >= 15 is 0 Å². The number of nitrogens with one attached hydrogen (secondary N) is 1. The van der Waals surface area contributed by atoms with E-state index in [1.165, 1.54) is 0 Å². The summed E-state index contributed by atoms with van der Waals surface area (Å²) >= 11 is 0. The lowest BCUT2D eigenvalue weighted by Crippen LogP contribution is -2.56. The molecule has 2 aliphatic rings. The lowest BCUT2D eigenvalue weighted by Gasteiger charge is -2.43. The van der Waals surface area contributed by atoms with Crippen molar-refractivity contribution in [2.24, 2.45) is 5.92 Å². The van der Waals surface area contributed by atoms with Crippen LogP contribution in [0.25, 0.3) is 0 Å². The second-order valence-electron chi connectivity index (χ2n) is 6.48. The molecule has 1 amide bonds. The molecule has 2 heterocycles. The average Bonchev–Trinajstić information content (AvgIpc) is 2.25. The monoisotopic (exact) mass is 254 g/mol. The minimum absolute atomic E-state index is 0.136. The molecular formula is C14H26N2O2. The maximum Gasteiger partial charge on any atom is 0.225 e. The molecule has 2 saturated heterocycles. The minimum atomic E-state index is -0.216. The van der Waals surface area contributed by atoms with Crippen molar-refractivity contribution in [2.45, 2.75) is 58.3 Å². The van der Waals surface area contributed by atoms with Crippen LogP contribution in [0, 0.1) is 5.92 Å². The molecule has 2 aliphatic heterocycles. The summed E-state index contributed by atoms with van der Waals surface area (Å²) in [5.41, 5.74) is -0.216. The summed E-state index contributed by atoms with van der Waals surface area (Å²) in [5.74, 6) is 0.522. The van der Waals surface area contributed by atoms with Crippen LogP contribution in [0.1, 0.15) is 40.5 Å². The number of carbonyl (C=O) groups excluding carboxylic acids is 1. The Bertz CT molecular complexity index is 317. The Morgan fingerprint density at radius 1 is 1.39 bits per heavy atom. The normalized spacial score (nSPS) is 36.4. The van der Waals surface area contributed by atoms with E-state index in [2.05, 4.69) is 26.1 Å². The second kappa shape index (κ2) is 5.17. The van der Waals surface area contributed by atoms with Crippen molar-refractivity contribution >= 4 is 5.91 Å². The Balaban J connectivity index is 1.99. The van der Waals surface area contributed by atoms with Crippen molar-refractivity contribution in [1.82, 2.24) is 10.2 Å². The van der Waals surface area contributed by atoms with E-state index in [1.807, 2.05) is 11.8 Å². The van der Waals surface area contributed by atoms with Gasteiger partial charge in [0.25, 0.3) is 0 Å². The van der Waals surface area contributed by atoms with Gasteiger partial charge in [-0.15, -0.1) is 0 Å². The third kappa shape index (κ3) is 3.23. The van der Waals surface area contributed by atoms with Crippen LogP contribution >= 0.6 is 0 Å². The zero-order valence-corrected chi connectivity index (χ0v) is 12.0. The quantitative estimate of drug-likeness (QED) is 0.769. The molecule has 3 unspecified atom stereocenters. The van der Waals surface area contributed by atoms with E-state index in [-0.39, 0.29) is 17.6 Å². The standard InChI is InChI=1S/C14H26N2O2/c1-10-7-12(5-6-15-10)13(17)16-8-11(2)18-14(3,4)9-16/h10-12,15H,5-9H2,1-4H3. The van der Waals surface area contributed by atoms with Crippen LogP contribution in [0.15, 0.2) is 0 Å². The smallest absolute Gasteiger partial charge is 0.225 e. The van der Waals surface area contributed by atoms with Gasteiger partial charge in [0, 0.05) is 25.0 Å². The van der Waals surface area contributed by atoms with E-state index in [1.54, 1.807) is 0 Å². The molecule has 4 heteroatoms. The lowest BCUT2D eigenvalue weighted by atomic mass is 9.91. The van der Waals surface area contributed by atoms with Crippen LogP contribution in [0.2, 0.25) is 0 Å². The fourth-order valence-electron chi connectivity index (χ4n) is 3.24. The Kier molecular flexibility index (Phi) is 3.97. The van der Waals surface area contributed by atoms with Crippen LogP contribution in [0.5, 0.6) is 0 Å². The van der Waals surface area contributed by atoms with Gasteiger partial charge in [0.05, 0.1) is 11.7 Å². The van der Waals surface area contributed by atoms with Crippen molar-refractivity contribution in [2.75, 3.05) is 19.6 Å². The van der Waals surface area contributed by atoms with Crippen molar-refractivity contribution in [3.63, 3.8) is 0 Å². The molecule has 0 spiro atoms. The highest BCUT2D eigenvalue weighted by atomic mass is 16.5.